The number of anilines is 1. The van der Waals surface area contributed by atoms with Gasteiger partial charge in [-0.25, -0.2) is 9.97 Å². The monoisotopic (exact) mass is 371 g/mol. The summed E-state index contributed by atoms with van der Waals surface area (Å²) in [4.78, 5) is 9.67. The number of fused-ring (bicyclic) bond motifs is 2. The predicted octanol–water partition coefficient (Wildman–Crippen LogP) is 5.95. The van der Waals surface area contributed by atoms with E-state index in [1.165, 1.54) is 0 Å². The van der Waals surface area contributed by atoms with Gasteiger partial charge in [-0.05, 0) is 36.4 Å². The molecule has 0 spiro atoms. The molecule has 2 N–H and O–H groups in total. The molecular weight excluding hydrogens is 358 g/mol. The maximum Gasteiger partial charge on any atom is 0.178 e. The number of para-hydroxylation sites is 3. The quantitative estimate of drug-likeness (QED) is 0.416. The zero-order chi connectivity index (χ0) is 18.4. The molecule has 2 aromatic heterocycles. The van der Waals surface area contributed by atoms with Crippen molar-refractivity contribution in [3.8, 4) is 22.7 Å². The number of hydrogen-bond donors (Lipinski definition) is 1. The average Bonchev–Trinajstić information content (AvgIpc) is 3.04. The fourth-order valence-corrected chi connectivity index (χ4v) is 3.33. The lowest BCUT2D eigenvalue weighted by atomic mass is 10.1. The van der Waals surface area contributed by atoms with Crippen molar-refractivity contribution in [2.75, 3.05) is 5.73 Å². The van der Waals surface area contributed by atoms with E-state index in [4.69, 9.17) is 31.7 Å². The number of hydrogen-bond acceptors (Lipinski definition) is 4. The molecule has 0 unspecified atom stereocenters. The number of aromatic nitrogens is 2. The van der Waals surface area contributed by atoms with E-state index in [0.717, 1.165) is 27.6 Å². The number of nitrogens with zero attached hydrogens (tertiary/aromatic N) is 2. The van der Waals surface area contributed by atoms with E-state index in [1.807, 2.05) is 72.8 Å². The Balaban J connectivity index is 1.85. The normalized spacial score (nSPS) is 11.3. The van der Waals surface area contributed by atoms with Gasteiger partial charge in [0.1, 0.15) is 17.0 Å². The molecule has 5 rings (SSSR count). The minimum atomic E-state index is 0.527. The van der Waals surface area contributed by atoms with Gasteiger partial charge in [0.05, 0.1) is 16.7 Å². The van der Waals surface area contributed by atoms with Crippen LogP contribution in [0.25, 0.3) is 44.7 Å². The van der Waals surface area contributed by atoms with Crippen molar-refractivity contribution in [3.05, 3.63) is 77.8 Å². The van der Waals surface area contributed by atoms with Crippen LogP contribution < -0.4 is 5.73 Å². The lowest BCUT2D eigenvalue weighted by Gasteiger charge is -2.09. The summed E-state index contributed by atoms with van der Waals surface area (Å²) in [5, 5.41) is 1.53. The number of rotatable bonds is 2. The molecule has 0 radical (unpaired) electrons. The molecule has 0 aliphatic carbocycles. The zero-order valence-corrected chi connectivity index (χ0v) is 14.9. The van der Waals surface area contributed by atoms with Crippen LogP contribution in [0.5, 0.6) is 0 Å². The topological polar surface area (TPSA) is 64.9 Å². The van der Waals surface area contributed by atoms with Crippen molar-refractivity contribution >= 4 is 39.3 Å². The smallest absolute Gasteiger partial charge is 0.178 e. The van der Waals surface area contributed by atoms with Crippen LogP contribution in [0.15, 0.2) is 77.2 Å². The molecule has 5 heteroatoms. The molecule has 4 nitrogen and oxygen atoms in total. The summed E-state index contributed by atoms with van der Waals surface area (Å²) in [5.41, 5.74) is 11.5. The van der Waals surface area contributed by atoms with Crippen LogP contribution in [-0.4, -0.2) is 9.97 Å². The number of nitrogens with two attached hydrogens (primary N) is 1. The van der Waals surface area contributed by atoms with Crippen molar-refractivity contribution in [2.45, 2.75) is 0 Å². The van der Waals surface area contributed by atoms with E-state index in [1.54, 1.807) is 0 Å². The third-order valence-corrected chi connectivity index (χ3v) is 4.79. The maximum atomic E-state index is 6.40. The van der Waals surface area contributed by atoms with E-state index in [-0.39, 0.29) is 0 Å². The van der Waals surface area contributed by atoms with Crippen LogP contribution in [0.4, 0.5) is 5.69 Å². The van der Waals surface area contributed by atoms with Crippen LogP contribution in [0, 0.1) is 0 Å². The molecular formula is C22H14ClN3O. The van der Waals surface area contributed by atoms with Crippen molar-refractivity contribution in [1.29, 1.82) is 0 Å². The largest absolute Gasteiger partial charge is 0.452 e. The molecule has 0 saturated heterocycles. The summed E-state index contributed by atoms with van der Waals surface area (Å²) in [6, 6.07) is 22.9. The van der Waals surface area contributed by atoms with E-state index in [0.29, 0.717) is 27.9 Å². The van der Waals surface area contributed by atoms with Gasteiger partial charge in [0.25, 0.3) is 0 Å². The van der Waals surface area contributed by atoms with Gasteiger partial charge in [0.2, 0.25) is 0 Å². The molecule has 27 heavy (non-hydrogen) atoms. The summed E-state index contributed by atoms with van der Waals surface area (Å²) in [6.07, 6.45) is 0. The minimum absolute atomic E-state index is 0.527. The Morgan fingerprint density at radius 2 is 1.37 bits per heavy atom. The SMILES string of the molecule is Nc1c(-c2nc3ccccc3nc2-c2ccc(Cl)cc2)oc2ccccc12. The first-order valence-corrected chi connectivity index (χ1v) is 8.88. The van der Waals surface area contributed by atoms with Crippen LogP contribution >= 0.6 is 11.6 Å². The average molecular weight is 372 g/mol. The summed E-state index contributed by atoms with van der Waals surface area (Å²) >= 11 is 6.06. The Hall–Kier alpha value is -3.37. The Labute approximate surface area is 160 Å². The van der Waals surface area contributed by atoms with Gasteiger partial charge >= 0.3 is 0 Å². The molecule has 0 saturated carbocycles. The highest BCUT2D eigenvalue weighted by molar-refractivity contribution is 6.30. The van der Waals surface area contributed by atoms with Crippen LogP contribution in [-0.2, 0) is 0 Å². The van der Waals surface area contributed by atoms with Gasteiger partial charge in [-0.1, -0.05) is 48.0 Å². The maximum absolute atomic E-state index is 6.40. The van der Waals surface area contributed by atoms with Crippen molar-refractivity contribution in [3.63, 3.8) is 0 Å². The molecule has 0 atom stereocenters. The van der Waals surface area contributed by atoms with Gasteiger partial charge in [0, 0.05) is 16.0 Å². The molecule has 3 aromatic carbocycles. The second-order valence-corrected chi connectivity index (χ2v) is 6.69. The lowest BCUT2D eigenvalue weighted by molar-refractivity contribution is 0.630. The summed E-state index contributed by atoms with van der Waals surface area (Å²) in [7, 11) is 0. The first kappa shape index (κ1) is 15.9. The first-order valence-electron chi connectivity index (χ1n) is 8.51. The Kier molecular flexibility index (Phi) is 3.59. The van der Waals surface area contributed by atoms with Crippen LogP contribution in [0.2, 0.25) is 5.02 Å². The third-order valence-electron chi connectivity index (χ3n) is 4.54. The highest BCUT2D eigenvalue weighted by Crippen LogP contribution is 2.39. The predicted molar refractivity (Wildman–Crippen MR) is 110 cm³/mol. The second kappa shape index (κ2) is 6.11. The van der Waals surface area contributed by atoms with E-state index >= 15 is 0 Å². The van der Waals surface area contributed by atoms with Crippen LogP contribution in [0.3, 0.4) is 0 Å². The number of halogens is 1. The highest BCUT2D eigenvalue weighted by Gasteiger charge is 2.20. The van der Waals surface area contributed by atoms with Gasteiger partial charge in [-0.15, -0.1) is 0 Å². The molecule has 0 bridgehead atoms. The number of nitrogen functional groups attached to an aromatic ring is 1. The number of furan rings is 1. The first-order chi connectivity index (χ1) is 13.2. The highest BCUT2D eigenvalue weighted by atomic mass is 35.5. The second-order valence-electron chi connectivity index (χ2n) is 6.26. The van der Waals surface area contributed by atoms with Gasteiger partial charge in [0.15, 0.2) is 5.76 Å². The number of benzene rings is 3. The van der Waals surface area contributed by atoms with Crippen molar-refractivity contribution in [2.24, 2.45) is 0 Å². The molecule has 0 fully saturated rings. The minimum Gasteiger partial charge on any atom is -0.452 e. The van der Waals surface area contributed by atoms with Crippen molar-refractivity contribution in [1.82, 2.24) is 9.97 Å². The fourth-order valence-electron chi connectivity index (χ4n) is 3.21. The van der Waals surface area contributed by atoms with E-state index in [2.05, 4.69) is 0 Å². The molecule has 2 heterocycles. The Morgan fingerprint density at radius 3 is 2.07 bits per heavy atom. The molecule has 0 aliphatic rings. The van der Waals surface area contributed by atoms with Crippen LogP contribution in [0.1, 0.15) is 0 Å². The van der Waals surface area contributed by atoms with E-state index < -0.39 is 0 Å². The zero-order valence-electron chi connectivity index (χ0n) is 14.2. The Morgan fingerprint density at radius 1 is 0.741 bits per heavy atom. The third kappa shape index (κ3) is 2.62. The van der Waals surface area contributed by atoms with Gasteiger partial charge in [-0.2, -0.15) is 0 Å². The van der Waals surface area contributed by atoms with Gasteiger partial charge < -0.3 is 10.2 Å². The van der Waals surface area contributed by atoms with E-state index in [9.17, 15) is 0 Å². The molecule has 0 amide bonds. The standard InChI is InChI=1S/C22H14ClN3O/c23-14-11-9-13(10-12-14)20-21(26-17-7-3-2-6-16(17)25-20)22-19(24)15-5-1-4-8-18(15)27-22/h1-12H,24H2. The van der Waals surface area contributed by atoms with Crippen molar-refractivity contribution < 1.29 is 4.42 Å². The summed E-state index contributed by atoms with van der Waals surface area (Å²) in [5.74, 6) is 0.527. The lowest BCUT2D eigenvalue weighted by Crippen LogP contribution is -1.96. The molecule has 0 aliphatic heterocycles. The van der Waals surface area contributed by atoms with Gasteiger partial charge in [-0.3, -0.25) is 0 Å². The summed E-state index contributed by atoms with van der Waals surface area (Å²) in [6.45, 7) is 0. The Bertz CT molecular complexity index is 1290. The molecule has 5 aromatic rings. The fraction of sp³-hybridized carbons (Fsp3) is 0. The molecule has 130 valence electrons. The summed E-state index contributed by atoms with van der Waals surface area (Å²) < 4.78 is 6.07.